The lowest BCUT2D eigenvalue weighted by Gasteiger charge is -2.02. The zero-order valence-corrected chi connectivity index (χ0v) is 16.7. The summed E-state index contributed by atoms with van der Waals surface area (Å²) in [5.41, 5.74) is 0.551. The summed E-state index contributed by atoms with van der Waals surface area (Å²) in [5.74, 6) is 2.43. The number of benzene rings is 2. The molecule has 2 aromatic carbocycles. The minimum Gasteiger partial charge on any atom is -0.304 e. The van der Waals surface area contributed by atoms with Gasteiger partial charge in [0.05, 0.1) is 26.6 Å². The molecule has 0 radical (unpaired) electrons. The number of terminal acetylenes is 1. The molecule has 0 bridgehead atoms. The van der Waals surface area contributed by atoms with Crippen LogP contribution in [0.3, 0.4) is 0 Å². The van der Waals surface area contributed by atoms with Crippen LogP contribution in [0.25, 0.3) is 10.2 Å². The summed E-state index contributed by atoms with van der Waals surface area (Å²) in [6.07, 6.45) is 5.38. The zero-order chi connectivity index (χ0) is 19.8. The fraction of sp³-hybridized carbons (Fsp3) is 0.0625. The quantitative estimate of drug-likeness (QED) is 0.623. The lowest BCUT2D eigenvalue weighted by Crippen LogP contribution is -2.16. The van der Waals surface area contributed by atoms with E-state index in [0.29, 0.717) is 15.2 Å². The Labute approximate surface area is 164 Å². The Bertz CT molecular complexity index is 1350. The second kappa shape index (κ2) is 7.10. The van der Waals surface area contributed by atoms with Gasteiger partial charge in [0.2, 0.25) is 14.8 Å². The van der Waals surface area contributed by atoms with Gasteiger partial charge in [-0.2, -0.15) is 8.42 Å². The first-order valence-electron chi connectivity index (χ1n) is 7.28. The lowest BCUT2D eigenvalue weighted by molar-refractivity contribution is 0.595. The molecule has 2 N–H and O–H groups in total. The number of rotatable bonds is 4. The number of hydrogen-bond acceptors (Lipinski definition) is 5. The molecular weight excluding hydrogens is 430 g/mol. The molecule has 0 saturated heterocycles. The molecule has 0 saturated carbocycles. The topological polar surface area (TPSA) is 112 Å². The van der Waals surface area contributed by atoms with Crippen LogP contribution in [0.2, 0.25) is 5.02 Å². The zero-order valence-electron chi connectivity index (χ0n) is 13.5. The van der Waals surface area contributed by atoms with Gasteiger partial charge in [-0.3, -0.25) is 0 Å². The van der Waals surface area contributed by atoms with Crippen molar-refractivity contribution in [1.29, 1.82) is 0 Å². The van der Waals surface area contributed by atoms with Crippen LogP contribution in [-0.2, 0) is 26.6 Å². The van der Waals surface area contributed by atoms with Crippen LogP contribution in [0, 0.1) is 12.3 Å². The Morgan fingerprint density at radius 2 is 1.74 bits per heavy atom. The minimum atomic E-state index is -4.01. The highest BCUT2D eigenvalue weighted by Crippen LogP contribution is 2.22. The summed E-state index contributed by atoms with van der Waals surface area (Å²) in [6.45, 7) is 0.0592. The molecule has 0 aliphatic rings. The van der Waals surface area contributed by atoms with Gasteiger partial charge >= 0.3 is 0 Å². The number of nitrogens with zero attached hydrogens (tertiary/aromatic N) is 2. The first-order valence-corrected chi connectivity index (χ1v) is 11.5. The molecule has 0 unspecified atom stereocenters. The summed E-state index contributed by atoms with van der Waals surface area (Å²) in [5, 5.41) is 5.55. The monoisotopic (exact) mass is 441 g/mol. The molecule has 1 heterocycles. The van der Waals surface area contributed by atoms with Gasteiger partial charge in [-0.15, -0.1) is 10.8 Å². The van der Waals surface area contributed by atoms with Gasteiger partial charge < -0.3 is 4.57 Å². The molecule has 0 aliphatic heterocycles. The first kappa shape index (κ1) is 19.6. The maximum atomic E-state index is 12.6. The molecule has 0 fully saturated rings. The van der Waals surface area contributed by atoms with E-state index in [0.717, 1.165) is 11.3 Å². The van der Waals surface area contributed by atoms with Crippen molar-refractivity contribution < 1.29 is 16.8 Å². The van der Waals surface area contributed by atoms with Crippen LogP contribution in [0.5, 0.6) is 0 Å². The number of fused-ring (bicyclic) bond motifs is 1. The van der Waals surface area contributed by atoms with Crippen LogP contribution in [0.1, 0.15) is 0 Å². The molecule has 140 valence electrons. The summed E-state index contributed by atoms with van der Waals surface area (Å²) in [6, 6.07) is 9.78. The van der Waals surface area contributed by atoms with Gasteiger partial charge in [0.15, 0.2) is 0 Å². The van der Waals surface area contributed by atoms with Crippen molar-refractivity contribution in [3.63, 3.8) is 0 Å². The number of halogens is 1. The van der Waals surface area contributed by atoms with Gasteiger partial charge in [0.1, 0.15) is 0 Å². The second-order valence-electron chi connectivity index (χ2n) is 5.37. The largest absolute Gasteiger partial charge is 0.304 e. The van der Waals surface area contributed by atoms with Gasteiger partial charge in [-0.1, -0.05) is 28.9 Å². The normalized spacial score (nSPS) is 13.0. The number of sulfonamides is 2. The highest BCUT2D eigenvalue weighted by atomic mass is 35.5. The molecule has 1 aromatic heterocycles. The van der Waals surface area contributed by atoms with E-state index in [1.54, 1.807) is 0 Å². The molecule has 0 spiro atoms. The number of nitrogens with two attached hydrogens (primary N) is 1. The molecule has 0 atom stereocenters. The van der Waals surface area contributed by atoms with E-state index in [1.165, 1.54) is 47.0 Å². The van der Waals surface area contributed by atoms with E-state index in [4.69, 9.17) is 23.2 Å². The van der Waals surface area contributed by atoms with Gasteiger partial charge in [-0.05, 0) is 42.5 Å². The number of aromatic nitrogens is 1. The first-order chi connectivity index (χ1) is 12.6. The van der Waals surface area contributed by atoms with Crippen molar-refractivity contribution in [3.8, 4) is 12.3 Å². The Kier molecular flexibility index (Phi) is 5.16. The molecule has 0 amide bonds. The van der Waals surface area contributed by atoms with Crippen LogP contribution in [0.4, 0.5) is 0 Å². The third kappa shape index (κ3) is 4.07. The predicted octanol–water partition coefficient (Wildman–Crippen LogP) is 1.93. The minimum absolute atomic E-state index is 0.0261. The Morgan fingerprint density at radius 1 is 1.11 bits per heavy atom. The average Bonchev–Trinajstić information content (AvgIpc) is 2.91. The van der Waals surface area contributed by atoms with E-state index in [1.807, 2.05) is 0 Å². The van der Waals surface area contributed by atoms with E-state index in [9.17, 15) is 16.8 Å². The third-order valence-electron chi connectivity index (χ3n) is 3.54. The smallest absolute Gasteiger partial charge is 0.285 e. The van der Waals surface area contributed by atoms with E-state index in [2.05, 4.69) is 10.3 Å². The Balaban J connectivity index is 2.26. The summed E-state index contributed by atoms with van der Waals surface area (Å²) in [4.78, 5) is 0.00234. The highest BCUT2D eigenvalue weighted by Gasteiger charge is 2.16. The average molecular weight is 442 g/mol. The standard InChI is InChI=1S/C16H12ClN3O4S3/c1-2-9-20-14-8-7-13(26(18,21)22)10-15(14)25-16(20)19-27(23,24)12-5-3-11(17)4-6-12/h1,3-8,10H,9H2,(H2,18,21,22)/b19-16-. The van der Waals surface area contributed by atoms with Crippen molar-refractivity contribution in [2.75, 3.05) is 0 Å². The summed E-state index contributed by atoms with van der Waals surface area (Å²) >= 11 is 6.78. The highest BCUT2D eigenvalue weighted by molar-refractivity contribution is 7.90. The molecule has 27 heavy (non-hydrogen) atoms. The van der Waals surface area contributed by atoms with Crippen molar-refractivity contribution in [2.45, 2.75) is 16.3 Å². The van der Waals surface area contributed by atoms with Crippen LogP contribution in [-0.4, -0.2) is 21.4 Å². The summed E-state index contributed by atoms with van der Waals surface area (Å²) < 4.78 is 54.1. The number of hydrogen-bond donors (Lipinski definition) is 1. The van der Waals surface area contributed by atoms with Crippen molar-refractivity contribution in [3.05, 3.63) is 52.3 Å². The van der Waals surface area contributed by atoms with Gasteiger partial charge in [-0.25, -0.2) is 13.6 Å². The van der Waals surface area contributed by atoms with Crippen LogP contribution >= 0.6 is 22.9 Å². The number of primary sulfonamides is 1. The SMILES string of the molecule is C#CCn1/c(=N/S(=O)(=O)c2ccc(Cl)cc2)sc2cc(S(N)(=O)=O)ccc21. The van der Waals surface area contributed by atoms with E-state index >= 15 is 0 Å². The van der Waals surface area contributed by atoms with E-state index in [-0.39, 0.29) is 21.1 Å². The maximum Gasteiger partial charge on any atom is 0.285 e. The maximum absolute atomic E-state index is 12.6. The molecule has 11 heteroatoms. The molecule has 7 nitrogen and oxygen atoms in total. The number of thiazole rings is 1. The van der Waals surface area contributed by atoms with Crippen LogP contribution < -0.4 is 9.94 Å². The van der Waals surface area contributed by atoms with Crippen LogP contribution in [0.15, 0.2) is 56.7 Å². The lowest BCUT2D eigenvalue weighted by atomic mass is 10.3. The Morgan fingerprint density at radius 3 is 2.33 bits per heavy atom. The molecule has 3 rings (SSSR count). The molecule has 0 aliphatic carbocycles. The fourth-order valence-corrected chi connectivity index (χ4v) is 5.32. The molecular formula is C16H12ClN3O4S3. The fourth-order valence-electron chi connectivity index (χ4n) is 2.31. The van der Waals surface area contributed by atoms with Gasteiger partial charge in [0.25, 0.3) is 10.0 Å². The third-order valence-corrected chi connectivity index (χ3v) is 7.14. The van der Waals surface area contributed by atoms with Crippen molar-refractivity contribution >= 4 is 53.2 Å². The summed E-state index contributed by atoms with van der Waals surface area (Å²) in [7, 11) is -7.91. The predicted molar refractivity (Wildman–Crippen MR) is 104 cm³/mol. The van der Waals surface area contributed by atoms with E-state index < -0.39 is 20.0 Å². The second-order valence-corrected chi connectivity index (χ2v) is 9.98. The van der Waals surface area contributed by atoms with Crippen molar-refractivity contribution in [2.24, 2.45) is 9.54 Å². The Hall–Kier alpha value is -2.16. The van der Waals surface area contributed by atoms with Gasteiger partial charge in [0, 0.05) is 5.02 Å². The van der Waals surface area contributed by atoms with Crippen molar-refractivity contribution in [1.82, 2.24) is 4.57 Å². The molecule has 3 aromatic rings.